The van der Waals surface area contributed by atoms with Crippen molar-refractivity contribution < 1.29 is 4.79 Å². The van der Waals surface area contributed by atoms with Gasteiger partial charge < -0.3 is 5.32 Å². The molecule has 0 unspecified atom stereocenters. The average Bonchev–Trinajstić information content (AvgIpc) is 2.48. The van der Waals surface area contributed by atoms with Crippen molar-refractivity contribution in [3.8, 4) is 0 Å². The highest BCUT2D eigenvalue weighted by Gasteiger charge is 2.03. The molecular weight excluding hydrogens is 262 g/mol. The van der Waals surface area contributed by atoms with Gasteiger partial charge in [0, 0.05) is 5.69 Å². The largest absolute Gasteiger partial charge is 0.339 e. The molecule has 0 aliphatic rings. The second-order valence-corrected chi connectivity index (χ2v) is 4.94. The topological polar surface area (TPSA) is 53.5 Å². The molecule has 0 aromatic heterocycles. The Morgan fingerprint density at radius 2 is 1.67 bits per heavy atom. The summed E-state index contributed by atoms with van der Waals surface area (Å²) in [6.45, 7) is 5.83. The van der Waals surface area contributed by atoms with Crippen molar-refractivity contribution in [3.05, 3.63) is 65.2 Å². The zero-order valence-corrected chi connectivity index (χ0v) is 12.5. The Balaban J connectivity index is 1.98. The molecule has 0 heterocycles. The molecule has 21 heavy (non-hydrogen) atoms. The molecule has 0 saturated carbocycles. The minimum absolute atomic E-state index is 0.351. The van der Waals surface area contributed by atoms with Gasteiger partial charge in [0.05, 0.1) is 5.71 Å². The third kappa shape index (κ3) is 4.18. The molecule has 4 nitrogen and oxygen atoms in total. The molecule has 108 valence electrons. The minimum Gasteiger partial charge on any atom is -0.306 e. The number of rotatable bonds is 3. The van der Waals surface area contributed by atoms with E-state index in [2.05, 4.69) is 15.8 Å². The molecule has 0 bridgehead atoms. The molecule has 0 atom stereocenters. The fraction of sp³-hybridized carbons (Fsp3) is 0.176. The molecule has 2 rings (SSSR count). The van der Waals surface area contributed by atoms with Gasteiger partial charge in [-0.05, 0) is 38.0 Å². The lowest BCUT2D eigenvalue weighted by Crippen LogP contribution is -2.25. The number of nitrogens with zero attached hydrogens (tertiary/aromatic N) is 1. The Morgan fingerprint density at radius 3 is 2.33 bits per heavy atom. The van der Waals surface area contributed by atoms with Crippen molar-refractivity contribution in [3.63, 3.8) is 0 Å². The first kappa shape index (κ1) is 14.8. The van der Waals surface area contributed by atoms with Gasteiger partial charge >= 0.3 is 6.03 Å². The van der Waals surface area contributed by atoms with Crippen molar-refractivity contribution in [2.45, 2.75) is 20.8 Å². The molecule has 2 N–H and O–H groups in total. The molecule has 4 heteroatoms. The predicted molar refractivity (Wildman–Crippen MR) is 86.7 cm³/mol. The normalized spacial score (nSPS) is 11.1. The van der Waals surface area contributed by atoms with Crippen LogP contribution in [0.3, 0.4) is 0 Å². The highest BCUT2D eigenvalue weighted by atomic mass is 16.2. The van der Waals surface area contributed by atoms with Crippen LogP contribution in [0.1, 0.15) is 23.6 Å². The number of aryl methyl sites for hydroxylation is 2. The van der Waals surface area contributed by atoms with E-state index in [1.165, 1.54) is 5.56 Å². The third-order valence-electron chi connectivity index (χ3n) is 3.19. The van der Waals surface area contributed by atoms with Crippen LogP contribution in [0.25, 0.3) is 0 Å². The molecule has 2 amide bonds. The molecule has 2 aromatic rings. The van der Waals surface area contributed by atoms with Crippen LogP contribution in [-0.4, -0.2) is 11.7 Å². The Kier molecular flexibility index (Phi) is 4.72. The molecule has 2 aromatic carbocycles. The highest BCUT2D eigenvalue weighted by Crippen LogP contribution is 2.12. The van der Waals surface area contributed by atoms with Crippen molar-refractivity contribution in [2.75, 3.05) is 5.32 Å². The van der Waals surface area contributed by atoms with Crippen LogP contribution in [-0.2, 0) is 0 Å². The summed E-state index contributed by atoms with van der Waals surface area (Å²) in [5.41, 5.74) is 7.23. The number of carbonyl (C=O) groups excluding carboxylic acids is 1. The Hall–Kier alpha value is -2.62. The predicted octanol–water partition coefficient (Wildman–Crippen LogP) is 3.85. The first-order valence-electron chi connectivity index (χ1n) is 6.80. The lowest BCUT2D eigenvalue weighted by Gasteiger charge is -2.08. The van der Waals surface area contributed by atoms with Crippen LogP contribution in [0.2, 0.25) is 0 Å². The van der Waals surface area contributed by atoms with Crippen molar-refractivity contribution >= 4 is 17.4 Å². The second kappa shape index (κ2) is 6.70. The summed E-state index contributed by atoms with van der Waals surface area (Å²) in [4.78, 5) is 11.8. The lowest BCUT2D eigenvalue weighted by molar-refractivity contribution is 0.252. The monoisotopic (exact) mass is 281 g/mol. The van der Waals surface area contributed by atoms with Crippen molar-refractivity contribution in [2.24, 2.45) is 5.10 Å². The van der Waals surface area contributed by atoms with E-state index in [1.54, 1.807) is 0 Å². The smallest absolute Gasteiger partial charge is 0.306 e. The summed E-state index contributed by atoms with van der Waals surface area (Å²) >= 11 is 0. The van der Waals surface area contributed by atoms with E-state index in [9.17, 15) is 4.79 Å². The van der Waals surface area contributed by atoms with Gasteiger partial charge in [0.2, 0.25) is 0 Å². The zero-order chi connectivity index (χ0) is 15.2. The number of carbonyl (C=O) groups is 1. The second-order valence-electron chi connectivity index (χ2n) is 4.94. The van der Waals surface area contributed by atoms with Crippen LogP contribution in [0.15, 0.2) is 53.6 Å². The SMILES string of the molecule is C/C(=N\NC(=O)Nc1ccccc1C)c1ccc(C)cc1. The summed E-state index contributed by atoms with van der Waals surface area (Å²) in [5, 5.41) is 6.87. The van der Waals surface area contributed by atoms with E-state index >= 15 is 0 Å². The van der Waals surface area contributed by atoms with Crippen LogP contribution in [0.5, 0.6) is 0 Å². The number of benzene rings is 2. The van der Waals surface area contributed by atoms with Crippen LogP contribution < -0.4 is 10.7 Å². The van der Waals surface area contributed by atoms with Gasteiger partial charge in [-0.3, -0.25) is 0 Å². The number of hydrogen-bond donors (Lipinski definition) is 2. The number of amides is 2. The standard InChI is InChI=1S/C17H19N3O/c1-12-8-10-15(11-9-12)14(3)19-20-17(21)18-16-7-5-4-6-13(16)2/h4-11H,1-3H3,(H2,18,20,21)/b19-14+. The van der Waals surface area contributed by atoms with E-state index in [-0.39, 0.29) is 6.03 Å². The quantitative estimate of drug-likeness (QED) is 0.651. The van der Waals surface area contributed by atoms with Gasteiger partial charge in [0.25, 0.3) is 0 Å². The zero-order valence-electron chi connectivity index (χ0n) is 12.5. The van der Waals surface area contributed by atoms with E-state index in [4.69, 9.17) is 0 Å². The fourth-order valence-corrected chi connectivity index (χ4v) is 1.86. The van der Waals surface area contributed by atoms with E-state index in [1.807, 2.05) is 69.3 Å². The lowest BCUT2D eigenvalue weighted by atomic mass is 10.1. The van der Waals surface area contributed by atoms with Gasteiger partial charge in [-0.2, -0.15) is 5.10 Å². The minimum atomic E-state index is -0.351. The van der Waals surface area contributed by atoms with Gasteiger partial charge in [-0.25, -0.2) is 10.2 Å². The fourth-order valence-electron chi connectivity index (χ4n) is 1.86. The molecule has 0 spiro atoms. The molecule has 0 saturated heterocycles. The van der Waals surface area contributed by atoms with Gasteiger partial charge in [0.15, 0.2) is 0 Å². The van der Waals surface area contributed by atoms with Crippen molar-refractivity contribution in [1.29, 1.82) is 0 Å². The number of urea groups is 1. The first-order valence-corrected chi connectivity index (χ1v) is 6.80. The maximum absolute atomic E-state index is 11.8. The molecule has 0 aliphatic heterocycles. The van der Waals surface area contributed by atoms with Crippen LogP contribution in [0.4, 0.5) is 10.5 Å². The van der Waals surface area contributed by atoms with E-state index in [0.29, 0.717) is 0 Å². The summed E-state index contributed by atoms with van der Waals surface area (Å²) in [7, 11) is 0. The number of anilines is 1. The van der Waals surface area contributed by atoms with Crippen LogP contribution >= 0.6 is 0 Å². The molecule has 0 aliphatic carbocycles. The number of para-hydroxylation sites is 1. The van der Waals surface area contributed by atoms with Gasteiger partial charge in [0.1, 0.15) is 0 Å². The summed E-state index contributed by atoms with van der Waals surface area (Å²) in [6, 6.07) is 15.2. The first-order chi connectivity index (χ1) is 10.1. The maximum atomic E-state index is 11.8. The maximum Gasteiger partial charge on any atom is 0.339 e. The summed E-state index contributed by atoms with van der Waals surface area (Å²) < 4.78 is 0. The Labute approximate surface area is 124 Å². The number of hydrogen-bond acceptors (Lipinski definition) is 2. The Morgan fingerprint density at radius 1 is 1.00 bits per heavy atom. The molecular formula is C17H19N3O. The summed E-state index contributed by atoms with van der Waals surface area (Å²) in [5.74, 6) is 0. The van der Waals surface area contributed by atoms with E-state index < -0.39 is 0 Å². The van der Waals surface area contributed by atoms with Crippen LogP contribution in [0, 0.1) is 13.8 Å². The summed E-state index contributed by atoms with van der Waals surface area (Å²) in [6.07, 6.45) is 0. The highest BCUT2D eigenvalue weighted by molar-refractivity contribution is 6.00. The number of nitrogens with one attached hydrogen (secondary N) is 2. The molecule has 0 fully saturated rings. The van der Waals surface area contributed by atoms with E-state index in [0.717, 1.165) is 22.5 Å². The Bertz CT molecular complexity index is 660. The molecule has 0 radical (unpaired) electrons. The average molecular weight is 281 g/mol. The van der Waals surface area contributed by atoms with Crippen molar-refractivity contribution in [1.82, 2.24) is 5.43 Å². The van der Waals surface area contributed by atoms with Gasteiger partial charge in [-0.15, -0.1) is 0 Å². The van der Waals surface area contributed by atoms with Gasteiger partial charge in [-0.1, -0.05) is 48.0 Å². The third-order valence-corrected chi connectivity index (χ3v) is 3.19. The number of hydrazone groups is 1.